The number of aromatic nitrogens is 2. The molecule has 0 saturated heterocycles. The fourth-order valence-corrected chi connectivity index (χ4v) is 2.55. The molecule has 0 aliphatic carbocycles. The smallest absolute Gasteiger partial charge is 0.193 e. The zero-order valence-corrected chi connectivity index (χ0v) is 17.6. The van der Waals surface area contributed by atoms with Crippen LogP contribution in [-0.2, 0) is 13.6 Å². The first-order chi connectivity index (χ1) is 10.5. The lowest BCUT2D eigenvalue weighted by Crippen LogP contribution is -2.39. The molecule has 0 atom stereocenters. The van der Waals surface area contributed by atoms with Crippen LogP contribution in [0.15, 0.2) is 17.6 Å². The summed E-state index contributed by atoms with van der Waals surface area (Å²) in [5.74, 6) is 0.936. The molecule has 0 unspecified atom stereocenters. The molecular formula is C17H32IN5. The van der Waals surface area contributed by atoms with Crippen LogP contribution in [0, 0.1) is 13.8 Å². The van der Waals surface area contributed by atoms with E-state index < -0.39 is 0 Å². The Balaban J connectivity index is 0.00000484. The number of aryl methyl sites for hydroxylation is 2. The van der Waals surface area contributed by atoms with Crippen LogP contribution >= 0.6 is 24.0 Å². The van der Waals surface area contributed by atoms with Gasteiger partial charge in [-0.3, -0.25) is 9.67 Å². The van der Waals surface area contributed by atoms with Crippen molar-refractivity contribution >= 4 is 29.9 Å². The van der Waals surface area contributed by atoms with Gasteiger partial charge < -0.3 is 10.2 Å². The maximum atomic E-state index is 4.45. The highest BCUT2D eigenvalue weighted by molar-refractivity contribution is 14.0. The van der Waals surface area contributed by atoms with E-state index in [4.69, 9.17) is 0 Å². The molecule has 132 valence electrons. The highest BCUT2D eigenvalue weighted by Gasteiger charge is 2.11. The maximum Gasteiger partial charge on any atom is 0.193 e. The molecule has 0 radical (unpaired) electrons. The van der Waals surface area contributed by atoms with Gasteiger partial charge in [-0.15, -0.1) is 30.6 Å². The summed E-state index contributed by atoms with van der Waals surface area (Å²) in [5, 5.41) is 7.89. The number of rotatable bonds is 8. The standard InChI is InChI=1S/C17H31N5.HI/c1-7-8-9-10-11-12-21(5)17(18-4)19-13-16-14(2)20-22(6)15(16)3;/h7H,1,8-13H2,2-6H3,(H,18,19);1H. The molecule has 0 bridgehead atoms. The van der Waals surface area contributed by atoms with Crippen molar-refractivity contribution < 1.29 is 0 Å². The van der Waals surface area contributed by atoms with Crippen molar-refractivity contribution in [1.29, 1.82) is 0 Å². The summed E-state index contributed by atoms with van der Waals surface area (Å²) < 4.78 is 1.93. The van der Waals surface area contributed by atoms with E-state index in [1.54, 1.807) is 0 Å². The Labute approximate surface area is 158 Å². The van der Waals surface area contributed by atoms with Gasteiger partial charge in [0.1, 0.15) is 0 Å². The molecule has 0 aromatic carbocycles. The highest BCUT2D eigenvalue weighted by atomic mass is 127. The lowest BCUT2D eigenvalue weighted by Gasteiger charge is -2.22. The quantitative estimate of drug-likeness (QED) is 0.225. The molecule has 0 aliphatic rings. The Kier molecular flexibility index (Phi) is 11.0. The van der Waals surface area contributed by atoms with Gasteiger partial charge >= 0.3 is 0 Å². The minimum absolute atomic E-state index is 0. The zero-order valence-electron chi connectivity index (χ0n) is 15.2. The monoisotopic (exact) mass is 433 g/mol. The number of unbranched alkanes of at least 4 members (excludes halogenated alkanes) is 3. The Morgan fingerprint density at radius 3 is 2.57 bits per heavy atom. The summed E-state index contributed by atoms with van der Waals surface area (Å²) in [5.41, 5.74) is 3.53. The van der Waals surface area contributed by atoms with Crippen molar-refractivity contribution in [1.82, 2.24) is 20.0 Å². The van der Waals surface area contributed by atoms with Gasteiger partial charge in [-0.25, -0.2) is 0 Å². The molecule has 5 nitrogen and oxygen atoms in total. The van der Waals surface area contributed by atoms with Gasteiger partial charge in [-0.1, -0.05) is 12.5 Å². The van der Waals surface area contributed by atoms with Gasteiger partial charge in [0, 0.05) is 45.5 Å². The average Bonchev–Trinajstić information content (AvgIpc) is 2.73. The summed E-state index contributed by atoms with van der Waals surface area (Å²) in [6.45, 7) is 9.69. The van der Waals surface area contributed by atoms with Crippen LogP contribution in [0.4, 0.5) is 0 Å². The first kappa shape index (κ1) is 21.9. The van der Waals surface area contributed by atoms with E-state index in [0.717, 1.165) is 31.2 Å². The number of halogens is 1. The van der Waals surface area contributed by atoms with Crippen LogP contribution in [0.2, 0.25) is 0 Å². The van der Waals surface area contributed by atoms with Gasteiger partial charge in [-0.05, 0) is 33.1 Å². The lowest BCUT2D eigenvalue weighted by atomic mass is 10.2. The van der Waals surface area contributed by atoms with E-state index in [2.05, 4.69) is 47.8 Å². The fraction of sp³-hybridized carbons (Fsp3) is 0.647. The second-order valence-electron chi connectivity index (χ2n) is 5.73. The topological polar surface area (TPSA) is 45.4 Å². The molecule has 0 aliphatic heterocycles. The molecule has 0 spiro atoms. The minimum Gasteiger partial charge on any atom is -0.352 e. The third kappa shape index (κ3) is 6.93. The first-order valence-corrected chi connectivity index (χ1v) is 8.03. The number of aliphatic imine (C=N–C) groups is 1. The van der Waals surface area contributed by atoms with Crippen LogP contribution in [-0.4, -0.2) is 41.3 Å². The molecule has 0 saturated carbocycles. The summed E-state index contributed by atoms with van der Waals surface area (Å²) in [7, 11) is 5.90. The van der Waals surface area contributed by atoms with Crippen molar-refractivity contribution in [3.63, 3.8) is 0 Å². The second-order valence-corrected chi connectivity index (χ2v) is 5.73. The normalized spacial score (nSPS) is 11.1. The van der Waals surface area contributed by atoms with Gasteiger partial charge in [-0.2, -0.15) is 5.10 Å². The van der Waals surface area contributed by atoms with Crippen LogP contribution in [0.1, 0.15) is 42.6 Å². The zero-order chi connectivity index (χ0) is 16.5. The Bertz CT molecular complexity index is 507. The SMILES string of the molecule is C=CCCCCCN(C)C(=NC)NCc1c(C)nn(C)c1C.I. The van der Waals surface area contributed by atoms with E-state index in [0.29, 0.717) is 0 Å². The molecule has 6 heteroatoms. The van der Waals surface area contributed by atoms with Gasteiger partial charge in [0.25, 0.3) is 0 Å². The molecule has 0 fully saturated rings. The minimum atomic E-state index is 0. The maximum absolute atomic E-state index is 4.45. The number of hydrogen-bond donors (Lipinski definition) is 1. The first-order valence-electron chi connectivity index (χ1n) is 8.03. The van der Waals surface area contributed by atoms with E-state index in [-0.39, 0.29) is 24.0 Å². The van der Waals surface area contributed by atoms with Crippen molar-refractivity contribution in [3.05, 3.63) is 29.6 Å². The van der Waals surface area contributed by atoms with Crippen molar-refractivity contribution in [2.24, 2.45) is 12.0 Å². The van der Waals surface area contributed by atoms with Crippen LogP contribution in [0.3, 0.4) is 0 Å². The van der Waals surface area contributed by atoms with Crippen LogP contribution < -0.4 is 5.32 Å². The van der Waals surface area contributed by atoms with E-state index in [1.807, 2.05) is 24.9 Å². The molecular weight excluding hydrogens is 401 g/mol. The molecule has 1 aromatic heterocycles. The van der Waals surface area contributed by atoms with Crippen molar-refractivity contribution in [2.75, 3.05) is 20.6 Å². The number of guanidine groups is 1. The summed E-state index contributed by atoms with van der Waals surface area (Å²) in [6.07, 6.45) is 6.72. The third-order valence-electron chi connectivity index (χ3n) is 4.06. The molecule has 1 rings (SSSR count). The van der Waals surface area contributed by atoms with E-state index >= 15 is 0 Å². The molecule has 1 heterocycles. The predicted molar refractivity (Wildman–Crippen MR) is 110 cm³/mol. The average molecular weight is 433 g/mol. The number of hydrogen-bond acceptors (Lipinski definition) is 2. The Morgan fingerprint density at radius 1 is 1.35 bits per heavy atom. The van der Waals surface area contributed by atoms with Gasteiger partial charge in [0.05, 0.1) is 5.69 Å². The molecule has 0 amide bonds. The van der Waals surface area contributed by atoms with Gasteiger partial charge in [0.2, 0.25) is 0 Å². The summed E-state index contributed by atoms with van der Waals surface area (Å²) in [4.78, 5) is 6.56. The Hall–Kier alpha value is -1.05. The van der Waals surface area contributed by atoms with E-state index in [9.17, 15) is 0 Å². The van der Waals surface area contributed by atoms with Crippen LogP contribution in [0.25, 0.3) is 0 Å². The lowest BCUT2D eigenvalue weighted by molar-refractivity contribution is 0.455. The predicted octanol–water partition coefficient (Wildman–Crippen LogP) is 3.41. The van der Waals surface area contributed by atoms with E-state index in [1.165, 1.54) is 30.5 Å². The Morgan fingerprint density at radius 2 is 2.04 bits per heavy atom. The number of allylic oxidation sites excluding steroid dienone is 1. The molecule has 1 aromatic rings. The fourth-order valence-electron chi connectivity index (χ4n) is 2.55. The summed E-state index contributed by atoms with van der Waals surface area (Å²) >= 11 is 0. The van der Waals surface area contributed by atoms with Crippen molar-refractivity contribution in [3.8, 4) is 0 Å². The number of nitrogens with zero attached hydrogens (tertiary/aromatic N) is 4. The van der Waals surface area contributed by atoms with Crippen LogP contribution in [0.5, 0.6) is 0 Å². The molecule has 23 heavy (non-hydrogen) atoms. The molecule has 1 N–H and O–H groups in total. The largest absolute Gasteiger partial charge is 0.352 e. The third-order valence-corrected chi connectivity index (χ3v) is 4.06. The summed E-state index contributed by atoms with van der Waals surface area (Å²) in [6, 6.07) is 0. The highest BCUT2D eigenvalue weighted by Crippen LogP contribution is 2.11. The van der Waals surface area contributed by atoms with Crippen molar-refractivity contribution in [2.45, 2.75) is 46.1 Å². The second kappa shape index (κ2) is 11.5. The van der Waals surface area contributed by atoms with Gasteiger partial charge in [0.15, 0.2) is 5.96 Å². The number of nitrogens with one attached hydrogen (secondary N) is 1.